The summed E-state index contributed by atoms with van der Waals surface area (Å²) < 4.78 is 25.6. The zero-order valence-electron chi connectivity index (χ0n) is 11.0. The molecule has 0 heterocycles. The van der Waals surface area contributed by atoms with Crippen LogP contribution in [0.2, 0.25) is 5.02 Å². The quantitative estimate of drug-likeness (QED) is 0.922. The van der Waals surface area contributed by atoms with Crippen molar-refractivity contribution in [2.45, 2.75) is 48.8 Å². The average molecular weight is 304 g/mol. The Kier molecular flexibility index (Phi) is 5.37. The fraction of sp³-hybridized carbons (Fsp3) is 0.571. The highest BCUT2D eigenvalue weighted by Gasteiger charge is 2.26. The summed E-state index contributed by atoms with van der Waals surface area (Å²) in [6.45, 7) is 3.02. The van der Waals surface area contributed by atoms with Crippen molar-refractivity contribution in [1.82, 2.24) is 5.32 Å². The van der Waals surface area contributed by atoms with Gasteiger partial charge < -0.3 is 5.32 Å². The summed E-state index contributed by atoms with van der Waals surface area (Å²) in [5.41, 5.74) is 0. The van der Waals surface area contributed by atoms with E-state index in [0.717, 1.165) is 32.2 Å². The summed E-state index contributed by atoms with van der Waals surface area (Å²) in [4.78, 5) is 0.633. The largest absolute Gasteiger partial charge is 0.314 e. The number of nitrogens with one attached hydrogen (secondary N) is 1. The molecule has 106 valence electrons. The Balaban J connectivity index is 2.08. The summed E-state index contributed by atoms with van der Waals surface area (Å²) in [5.74, 6) is -0.461. The highest BCUT2D eigenvalue weighted by Crippen LogP contribution is 2.28. The van der Waals surface area contributed by atoms with Gasteiger partial charge in [-0.1, -0.05) is 24.9 Å². The van der Waals surface area contributed by atoms with E-state index >= 15 is 0 Å². The molecule has 0 saturated heterocycles. The summed E-state index contributed by atoms with van der Waals surface area (Å²) in [6.07, 6.45) is 4.10. The summed E-state index contributed by atoms with van der Waals surface area (Å²) >= 11 is 5.75. The smallest absolute Gasteiger partial charge is 0.141 e. The van der Waals surface area contributed by atoms with E-state index in [1.807, 2.05) is 0 Å². The molecule has 5 heteroatoms. The molecular formula is C14H19ClFNOS. The maximum absolute atomic E-state index is 13.1. The van der Waals surface area contributed by atoms with Gasteiger partial charge in [-0.15, -0.1) is 0 Å². The van der Waals surface area contributed by atoms with Crippen molar-refractivity contribution in [3.05, 3.63) is 29.0 Å². The van der Waals surface area contributed by atoms with Gasteiger partial charge in [0.05, 0.1) is 15.8 Å². The van der Waals surface area contributed by atoms with Gasteiger partial charge in [0.25, 0.3) is 0 Å². The molecule has 0 bridgehead atoms. The van der Waals surface area contributed by atoms with Crippen LogP contribution >= 0.6 is 11.6 Å². The Hall–Kier alpha value is -0.450. The fourth-order valence-electron chi connectivity index (χ4n) is 2.61. The molecule has 0 spiro atoms. The van der Waals surface area contributed by atoms with E-state index in [9.17, 15) is 8.60 Å². The second-order valence-electron chi connectivity index (χ2n) is 4.92. The van der Waals surface area contributed by atoms with Gasteiger partial charge in [0.2, 0.25) is 0 Å². The molecule has 2 nitrogen and oxygen atoms in total. The molecule has 1 aliphatic rings. The molecule has 0 aromatic heterocycles. The molecule has 0 aliphatic heterocycles. The first-order chi connectivity index (χ1) is 9.11. The molecule has 3 atom stereocenters. The van der Waals surface area contributed by atoms with Crippen molar-refractivity contribution >= 4 is 22.4 Å². The third-order valence-electron chi connectivity index (χ3n) is 3.55. The van der Waals surface area contributed by atoms with Gasteiger partial charge in [-0.2, -0.15) is 0 Å². The molecule has 2 rings (SSSR count). The van der Waals surface area contributed by atoms with Crippen LogP contribution in [0.1, 0.15) is 32.6 Å². The van der Waals surface area contributed by atoms with E-state index in [4.69, 9.17) is 11.6 Å². The third kappa shape index (κ3) is 3.77. The van der Waals surface area contributed by atoms with Crippen LogP contribution in [0.3, 0.4) is 0 Å². The standard InChI is InChI=1S/C14H19ClFNOS/c1-2-17-10-4-3-5-11(8-10)19(18)12-6-7-14(16)13(15)9-12/h6-7,9-11,17H,2-5,8H2,1H3. The van der Waals surface area contributed by atoms with Crippen LogP contribution in [-0.2, 0) is 10.8 Å². The van der Waals surface area contributed by atoms with Crippen molar-refractivity contribution in [2.24, 2.45) is 0 Å². The van der Waals surface area contributed by atoms with Gasteiger partial charge in [-0.05, 0) is 44.0 Å². The maximum Gasteiger partial charge on any atom is 0.141 e. The predicted molar refractivity (Wildman–Crippen MR) is 77.5 cm³/mol. The van der Waals surface area contributed by atoms with Crippen LogP contribution in [-0.4, -0.2) is 22.0 Å². The Morgan fingerprint density at radius 3 is 2.95 bits per heavy atom. The Morgan fingerprint density at radius 1 is 1.47 bits per heavy atom. The number of halogens is 2. The van der Waals surface area contributed by atoms with Crippen molar-refractivity contribution in [3.8, 4) is 0 Å². The lowest BCUT2D eigenvalue weighted by atomic mass is 9.95. The molecule has 0 amide bonds. The molecule has 1 aromatic rings. The van der Waals surface area contributed by atoms with Crippen LogP contribution in [0.25, 0.3) is 0 Å². The Bertz CT molecular complexity index is 467. The normalized spacial score (nSPS) is 25.2. The van der Waals surface area contributed by atoms with Gasteiger partial charge in [0.1, 0.15) is 5.82 Å². The molecule has 3 unspecified atom stereocenters. The molecular weight excluding hydrogens is 285 g/mol. The van der Waals surface area contributed by atoms with E-state index in [1.54, 1.807) is 6.07 Å². The molecule has 19 heavy (non-hydrogen) atoms. The van der Waals surface area contributed by atoms with E-state index < -0.39 is 16.6 Å². The first-order valence-corrected chi connectivity index (χ1v) is 8.30. The lowest BCUT2D eigenvalue weighted by Crippen LogP contribution is -2.37. The minimum absolute atomic E-state index is 0.0462. The Morgan fingerprint density at radius 2 is 2.26 bits per heavy atom. The Labute approximate surface area is 121 Å². The minimum atomic E-state index is -1.10. The summed E-state index contributed by atoms with van der Waals surface area (Å²) in [5, 5.41) is 3.61. The van der Waals surface area contributed by atoms with Gasteiger partial charge in [-0.25, -0.2) is 4.39 Å². The van der Waals surface area contributed by atoms with Gasteiger partial charge in [-0.3, -0.25) is 4.21 Å². The highest BCUT2D eigenvalue weighted by molar-refractivity contribution is 7.85. The molecule has 1 saturated carbocycles. The van der Waals surface area contributed by atoms with Crippen LogP contribution in [0.5, 0.6) is 0 Å². The maximum atomic E-state index is 13.1. The lowest BCUT2D eigenvalue weighted by Gasteiger charge is -2.29. The summed E-state index contributed by atoms with van der Waals surface area (Å²) in [7, 11) is -1.10. The van der Waals surface area contributed by atoms with E-state index in [2.05, 4.69) is 12.2 Å². The van der Waals surface area contributed by atoms with Crippen LogP contribution in [0, 0.1) is 5.82 Å². The number of benzene rings is 1. The van der Waals surface area contributed by atoms with E-state index in [0.29, 0.717) is 10.9 Å². The van der Waals surface area contributed by atoms with Gasteiger partial charge >= 0.3 is 0 Å². The molecule has 1 fully saturated rings. The monoisotopic (exact) mass is 303 g/mol. The molecule has 1 N–H and O–H groups in total. The number of hydrogen-bond donors (Lipinski definition) is 1. The molecule has 0 radical (unpaired) electrons. The number of rotatable bonds is 4. The second kappa shape index (κ2) is 6.82. The highest BCUT2D eigenvalue weighted by atomic mass is 35.5. The van der Waals surface area contributed by atoms with E-state index in [1.165, 1.54) is 12.1 Å². The zero-order chi connectivity index (χ0) is 13.8. The number of hydrogen-bond acceptors (Lipinski definition) is 2. The SMILES string of the molecule is CCNC1CCCC(S(=O)c2ccc(F)c(Cl)c2)C1. The molecule has 1 aromatic carbocycles. The first-order valence-electron chi connectivity index (χ1n) is 6.70. The zero-order valence-corrected chi connectivity index (χ0v) is 12.6. The van der Waals surface area contributed by atoms with Crippen molar-refractivity contribution < 1.29 is 8.60 Å². The van der Waals surface area contributed by atoms with Crippen molar-refractivity contribution in [2.75, 3.05) is 6.54 Å². The first kappa shape index (κ1) is 14.9. The van der Waals surface area contributed by atoms with Crippen molar-refractivity contribution in [1.29, 1.82) is 0 Å². The third-order valence-corrected chi connectivity index (χ3v) is 5.59. The second-order valence-corrected chi connectivity index (χ2v) is 7.06. The topological polar surface area (TPSA) is 29.1 Å². The minimum Gasteiger partial charge on any atom is -0.314 e. The van der Waals surface area contributed by atoms with Crippen LogP contribution in [0.15, 0.2) is 23.1 Å². The van der Waals surface area contributed by atoms with Crippen molar-refractivity contribution in [3.63, 3.8) is 0 Å². The van der Waals surface area contributed by atoms with Gasteiger partial charge in [0.15, 0.2) is 0 Å². The lowest BCUT2D eigenvalue weighted by molar-refractivity contribution is 0.383. The average Bonchev–Trinajstić information content (AvgIpc) is 2.42. The van der Waals surface area contributed by atoms with Crippen LogP contribution < -0.4 is 5.32 Å². The summed E-state index contributed by atoms with van der Waals surface area (Å²) in [6, 6.07) is 4.81. The fourth-order valence-corrected chi connectivity index (χ4v) is 4.46. The predicted octanol–water partition coefficient (Wildman–Crippen LogP) is 3.51. The van der Waals surface area contributed by atoms with E-state index in [-0.39, 0.29) is 10.3 Å². The molecule has 1 aliphatic carbocycles. The van der Waals surface area contributed by atoms with Crippen LogP contribution in [0.4, 0.5) is 4.39 Å². The van der Waals surface area contributed by atoms with Gasteiger partial charge in [0, 0.05) is 16.2 Å².